The van der Waals surface area contributed by atoms with Crippen molar-refractivity contribution in [1.82, 2.24) is 4.90 Å². The number of aryl methyl sites for hydroxylation is 1. The second kappa shape index (κ2) is 6.41. The van der Waals surface area contributed by atoms with Crippen molar-refractivity contribution in [3.63, 3.8) is 0 Å². The number of rotatable bonds is 5. The number of benzene rings is 2. The van der Waals surface area contributed by atoms with Crippen LogP contribution in [0.1, 0.15) is 27.0 Å². The Hall–Kier alpha value is -2.33. The molecule has 4 heteroatoms. The van der Waals surface area contributed by atoms with Gasteiger partial charge in [0.05, 0.1) is 0 Å². The number of amides is 1. The van der Waals surface area contributed by atoms with E-state index < -0.39 is 5.91 Å². The zero-order chi connectivity index (χ0) is 15.4. The van der Waals surface area contributed by atoms with Crippen LogP contribution < -0.4 is 11.5 Å². The molecular formula is C17H21N3O. The smallest absolute Gasteiger partial charge is 0.248 e. The largest absolute Gasteiger partial charge is 0.398 e. The van der Waals surface area contributed by atoms with E-state index >= 15 is 0 Å². The maximum Gasteiger partial charge on any atom is 0.248 e. The van der Waals surface area contributed by atoms with E-state index in [9.17, 15) is 4.79 Å². The Morgan fingerprint density at radius 3 is 2.38 bits per heavy atom. The lowest BCUT2D eigenvalue weighted by atomic mass is 10.0. The van der Waals surface area contributed by atoms with Crippen molar-refractivity contribution in [3.05, 3.63) is 64.7 Å². The highest BCUT2D eigenvalue weighted by molar-refractivity contribution is 5.93. The van der Waals surface area contributed by atoms with Crippen LogP contribution in [0.25, 0.3) is 0 Å². The number of carbonyl (C=O) groups is 1. The fourth-order valence-electron chi connectivity index (χ4n) is 2.34. The Bertz CT molecular complexity index is 652. The Balaban J connectivity index is 2.08. The molecule has 0 bridgehead atoms. The van der Waals surface area contributed by atoms with Gasteiger partial charge in [-0.15, -0.1) is 0 Å². The third kappa shape index (κ3) is 3.83. The monoisotopic (exact) mass is 283 g/mol. The lowest BCUT2D eigenvalue weighted by molar-refractivity contribution is 0.1000. The van der Waals surface area contributed by atoms with Gasteiger partial charge in [-0.1, -0.05) is 24.3 Å². The van der Waals surface area contributed by atoms with Crippen LogP contribution >= 0.6 is 0 Å². The van der Waals surface area contributed by atoms with Crippen molar-refractivity contribution in [2.24, 2.45) is 5.73 Å². The van der Waals surface area contributed by atoms with Gasteiger partial charge in [0.1, 0.15) is 0 Å². The Kier molecular flexibility index (Phi) is 4.60. The minimum atomic E-state index is -0.393. The number of primary amides is 1. The first-order valence-corrected chi connectivity index (χ1v) is 6.88. The summed E-state index contributed by atoms with van der Waals surface area (Å²) in [7, 11) is 2.05. The summed E-state index contributed by atoms with van der Waals surface area (Å²) in [4.78, 5) is 13.4. The maximum absolute atomic E-state index is 11.2. The number of hydrogen-bond donors (Lipinski definition) is 2. The molecule has 2 aromatic rings. The van der Waals surface area contributed by atoms with E-state index in [-0.39, 0.29) is 0 Å². The van der Waals surface area contributed by atoms with Gasteiger partial charge in [0.25, 0.3) is 0 Å². The summed E-state index contributed by atoms with van der Waals surface area (Å²) in [5, 5.41) is 0. The molecule has 4 nitrogen and oxygen atoms in total. The van der Waals surface area contributed by atoms with Crippen LogP contribution in [0, 0.1) is 6.92 Å². The average Bonchev–Trinajstić information content (AvgIpc) is 2.43. The molecule has 0 atom stereocenters. The van der Waals surface area contributed by atoms with E-state index in [1.165, 1.54) is 5.56 Å². The van der Waals surface area contributed by atoms with Crippen LogP contribution in [0.15, 0.2) is 42.5 Å². The molecule has 2 rings (SSSR count). The topological polar surface area (TPSA) is 72.4 Å². The molecule has 21 heavy (non-hydrogen) atoms. The number of hydrogen-bond acceptors (Lipinski definition) is 3. The van der Waals surface area contributed by atoms with E-state index in [0.717, 1.165) is 29.9 Å². The first-order valence-electron chi connectivity index (χ1n) is 6.88. The van der Waals surface area contributed by atoms with Crippen LogP contribution in [-0.2, 0) is 13.1 Å². The van der Waals surface area contributed by atoms with Gasteiger partial charge in [0.2, 0.25) is 5.91 Å². The van der Waals surface area contributed by atoms with Crippen molar-refractivity contribution in [1.29, 1.82) is 0 Å². The predicted molar refractivity (Wildman–Crippen MR) is 85.7 cm³/mol. The van der Waals surface area contributed by atoms with Crippen molar-refractivity contribution < 1.29 is 4.79 Å². The Morgan fingerprint density at radius 2 is 1.76 bits per heavy atom. The molecule has 0 saturated heterocycles. The quantitative estimate of drug-likeness (QED) is 0.827. The van der Waals surface area contributed by atoms with E-state index in [0.29, 0.717) is 5.56 Å². The highest BCUT2D eigenvalue weighted by atomic mass is 16.1. The maximum atomic E-state index is 11.2. The second-order valence-electron chi connectivity index (χ2n) is 5.38. The standard InChI is InChI=1S/C17H21N3O/c1-12-9-13(17(19)21)7-8-14(12)10-20(2)11-15-5-3-4-6-16(15)18/h3-9H,10-11,18H2,1-2H3,(H2,19,21). The first-order chi connectivity index (χ1) is 9.97. The van der Waals surface area contributed by atoms with Gasteiger partial charge < -0.3 is 11.5 Å². The lowest BCUT2D eigenvalue weighted by Gasteiger charge is -2.19. The molecule has 0 radical (unpaired) electrons. The van der Waals surface area contributed by atoms with E-state index in [4.69, 9.17) is 11.5 Å². The summed E-state index contributed by atoms with van der Waals surface area (Å²) in [5.74, 6) is -0.393. The van der Waals surface area contributed by atoms with Crippen molar-refractivity contribution in [2.75, 3.05) is 12.8 Å². The van der Waals surface area contributed by atoms with Crippen LogP contribution in [0.5, 0.6) is 0 Å². The molecule has 0 fully saturated rings. The number of para-hydroxylation sites is 1. The van der Waals surface area contributed by atoms with Crippen molar-refractivity contribution in [3.8, 4) is 0 Å². The minimum absolute atomic E-state index is 0.393. The molecule has 0 aliphatic rings. The van der Waals surface area contributed by atoms with E-state index in [1.807, 2.05) is 50.4 Å². The number of carbonyl (C=O) groups excluding carboxylic acids is 1. The normalized spacial score (nSPS) is 10.8. The minimum Gasteiger partial charge on any atom is -0.398 e. The van der Waals surface area contributed by atoms with Gasteiger partial charge in [-0.05, 0) is 48.9 Å². The molecule has 0 spiro atoms. The Morgan fingerprint density at radius 1 is 1.10 bits per heavy atom. The molecule has 0 aliphatic heterocycles. The molecule has 0 saturated carbocycles. The average molecular weight is 283 g/mol. The molecule has 110 valence electrons. The second-order valence-corrected chi connectivity index (χ2v) is 5.38. The number of nitrogens with zero attached hydrogens (tertiary/aromatic N) is 1. The van der Waals surface area contributed by atoms with Gasteiger partial charge in [-0.3, -0.25) is 9.69 Å². The number of nitrogens with two attached hydrogens (primary N) is 2. The third-order valence-corrected chi connectivity index (χ3v) is 3.56. The molecule has 2 aromatic carbocycles. The van der Waals surface area contributed by atoms with E-state index in [2.05, 4.69) is 4.90 Å². The fourth-order valence-corrected chi connectivity index (χ4v) is 2.34. The summed E-state index contributed by atoms with van der Waals surface area (Å²) in [6.45, 7) is 3.56. The summed E-state index contributed by atoms with van der Waals surface area (Å²) < 4.78 is 0. The summed E-state index contributed by atoms with van der Waals surface area (Å²) in [6.07, 6.45) is 0. The van der Waals surface area contributed by atoms with Crippen LogP contribution in [-0.4, -0.2) is 17.9 Å². The molecule has 4 N–H and O–H groups in total. The van der Waals surface area contributed by atoms with Gasteiger partial charge in [0, 0.05) is 24.3 Å². The van der Waals surface area contributed by atoms with Gasteiger partial charge >= 0.3 is 0 Å². The zero-order valence-electron chi connectivity index (χ0n) is 12.5. The van der Waals surface area contributed by atoms with Gasteiger partial charge in [-0.25, -0.2) is 0 Å². The molecule has 0 unspecified atom stereocenters. The number of nitrogen functional groups attached to an aromatic ring is 1. The predicted octanol–water partition coefficient (Wildman–Crippen LogP) is 2.31. The summed E-state index contributed by atoms with van der Waals surface area (Å²) in [5.41, 5.74) is 16.0. The molecule has 1 amide bonds. The Labute approximate surface area is 125 Å². The highest BCUT2D eigenvalue weighted by Crippen LogP contribution is 2.17. The molecular weight excluding hydrogens is 262 g/mol. The van der Waals surface area contributed by atoms with Crippen LogP contribution in [0.4, 0.5) is 5.69 Å². The van der Waals surface area contributed by atoms with Crippen LogP contribution in [0.2, 0.25) is 0 Å². The van der Waals surface area contributed by atoms with Crippen molar-refractivity contribution >= 4 is 11.6 Å². The van der Waals surface area contributed by atoms with Crippen molar-refractivity contribution in [2.45, 2.75) is 20.0 Å². The number of anilines is 1. The molecule has 0 aromatic heterocycles. The SMILES string of the molecule is Cc1cc(C(N)=O)ccc1CN(C)Cc1ccccc1N. The molecule has 0 heterocycles. The van der Waals surface area contributed by atoms with E-state index in [1.54, 1.807) is 6.07 Å². The third-order valence-electron chi connectivity index (χ3n) is 3.56. The van der Waals surface area contributed by atoms with Gasteiger partial charge in [-0.2, -0.15) is 0 Å². The summed E-state index contributed by atoms with van der Waals surface area (Å²) in [6, 6.07) is 13.4. The highest BCUT2D eigenvalue weighted by Gasteiger charge is 2.08. The fraction of sp³-hybridized carbons (Fsp3) is 0.235. The zero-order valence-corrected chi connectivity index (χ0v) is 12.5. The first kappa shape index (κ1) is 15.1. The van der Waals surface area contributed by atoms with Crippen LogP contribution in [0.3, 0.4) is 0 Å². The summed E-state index contributed by atoms with van der Waals surface area (Å²) >= 11 is 0. The van der Waals surface area contributed by atoms with Gasteiger partial charge in [0.15, 0.2) is 0 Å². The lowest BCUT2D eigenvalue weighted by Crippen LogP contribution is -2.19. The molecule has 0 aliphatic carbocycles.